The lowest BCUT2D eigenvalue weighted by atomic mass is 9.87. The molecule has 1 saturated heterocycles. The van der Waals surface area contributed by atoms with Crippen LogP contribution in [-0.4, -0.2) is 42.4 Å². The highest BCUT2D eigenvalue weighted by Gasteiger charge is 2.51. The zero-order valence-corrected chi connectivity index (χ0v) is 12.9. The van der Waals surface area contributed by atoms with Gasteiger partial charge in [0.25, 0.3) is 5.91 Å². The van der Waals surface area contributed by atoms with E-state index in [0.29, 0.717) is 12.0 Å². The summed E-state index contributed by atoms with van der Waals surface area (Å²) in [6, 6.07) is 7.48. The van der Waals surface area contributed by atoms with Gasteiger partial charge < -0.3 is 10.6 Å². The molecule has 0 bridgehead atoms. The van der Waals surface area contributed by atoms with Crippen molar-refractivity contribution in [3.8, 4) is 0 Å². The van der Waals surface area contributed by atoms with Crippen LogP contribution in [0.4, 0.5) is 9.59 Å². The molecule has 122 valence electrons. The zero-order chi connectivity index (χ0) is 17.0. The van der Waals surface area contributed by atoms with Gasteiger partial charge in [-0.2, -0.15) is 0 Å². The molecular formula is C15H18N4O4. The van der Waals surface area contributed by atoms with Crippen molar-refractivity contribution in [2.75, 3.05) is 13.6 Å². The molecule has 0 radical (unpaired) electrons. The molecule has 1 aliphatic rings. The summed E-state index contributed by atoms with van der Waals surface area (Å²) in [5.74, 6) is -1.25. The van der Waals surface area contributed by atoms with E-state index < -0.39 is 36.0 Å². The van der Waals surface area contributed by atoms with Crippen LogP contribution in [0.25, 0.3) is 0 Å². The monoisotopic (exact) mass is 318 g/mol. The molecule has 2 rings (SSSR count). The minimum absolute atomic E-state index is 0.342. The van der Waals surface area contributed by atoms with Crippen LogP contribution < -0.4 is 16.0 Å². The number of benzene rings is 1. The number of rotatable bonds is 4. The topological polar surface area (TPSA) is 108 Å². The van der Waals surface area contributed by atoms with Gasteiger partial charge in [0.2, 0.25) is 5.91 Å². The predicted octanol–water partition coefficient (Wildman–Crippen LogP) is 0.299. The summed E-state index contributed by atoms with van der Waals surface area (Å²) >= 11 is 0. The fourth-order valence-electron chi connectivity index (χ4n) is 2.50. The number of carbonyl (C=O) groups is 4. The van der Waals surface area contributed by atoms with Crippen LogP contribution in [0.1, 0.15) is 18.9 Å². The molecule has 0 aromatic heterocycles. The van der Waals surface area contributed by atoms with Gasteiger partial charge in [0.15, 0.2) is 0 Å². The number of amides is 6. The number of nitrogens with one attached hydrogen (secondary N) is 3. The highest BCUT2D eigenvalue weighted by Crippen LogP contribution is 2.32. The van der Waals surface area contributed by atoms with Crippen LogP contribution >= 0.6 is 0 Å². The number of urea groups is 2. The van der Waals surface area contributed by atoms with Gasteiger partial charge in [-0.05, 0) is 12.0 Å². The first-order valence-electron chi connectivity index (χ1n) is 7.15. The van der Waals surface area contributed by atoms with Gasteiger partial charge >= 0.3 is 12.1 Å². The Hall–Kier alpha value is -2.90. The number of carbonyl (C=O) groups excluding carboxylic acids is 4. The summed E-state index contributed by atoms with van der Waals surface area (Å²) in [4.78, 5) is 48.5. The molecule has 6 amide bonds. The molecule has 8 heteroatoms. The second-order valence-corrected chi connectivity index (χ2v) is 5.07. The summed E-state index contributed by atoms with van der Waals surface area (Å²) in [5, 5.41) is 6.90. The Morgan fingerprint density at radius 2 is 1.87 bits per heavy atom. The maximum Gasteiger partial charge on any atom is 0.325 e. The fraction of sp³-hybridized carbons (Fsp3) is 0.333. The third-order valence-electron chi connectivity index (χ3n) is 3.75. The van der Waals surface area contributed by atoms with Gasteiger partial charge in [0.05, 0.1) is 0 Å². The molecule has 1 aliphatic heterocycles. The Kier molecular flexibility index (Phi) is 4.63. The van der Waals surface area contributed by atoms with E-state index in [1.54, 1.807) is 31.2 Å². The summed E-state index contributed by atoms with van der Waals surface area (Å²) in [5.41, 5.74) is -0.541. The normalized spacial score (nSPS) is 20.2. The summed E-state index contributed by atoms with van der Waals surface area (Å²) in [6.07, 6.45) is 0.342. The van der Waals surface area contributed by atoms with Crippen LogP contribution in [0.2, 0.25) is 0 Å². The van der Waals surface area contributed by atoms with Crippen LogP contribution in [0.3, 0.4) is 0 Å². The molecule has 0 spiro atoms. The average Bonchev–Trinajstić information content (AvgIpc) is 2.80. The van der Waals surface area contributed by atoms with Gasteiger partial charge in [-0.15, -0.1) is 0 Å². The van der Waals surface area contributed by atoms with Gasteiger partial charge in [-0.3, -0.25) is 19.8 Å². The Bertz CT molecular complexity index is 646. The standard InChI is InChI=1S/C15H18N4O4/c1-3-15(10-7-5-4-6-8-10)12(21)19(14(23)18-15)9-11(20)17-13(22)16-2/h4-8H,3,9H2,1-2H3,(H,18,23)(H2,16,17,20,22)/t15-/m0/s1. The van der Waals surface area contributed by atoms with Crippen LogP contribution in [0.15, 0.2) is 30.3 Å². The van der Waals surface area contributed by atoms with E-state index in [4.69, 9.17) is 0 Å². The maximum atomic E-state index is 12.7. The Labute approximate surface area is 133 Å². The van der Waals surface area contributed by atoms with Crippen molar-refractivity contribution in [3.63, 3.8) is 0 Å². The first-order chi connectivity index (χ1) is 10.9. The van der Waals surface area contributed by atoms with E-state index in [1.807, 2.05) is 11.4 Å². The van der Waals surface area contributed by atoms with E-state index in [9.17, 15) is 19.2 Å². The lowest BCUT2D eigenvalue weighted by molar-refractivity contribution is -0.135. The van der Waals surface area contributed by atoms with Gasteiger partial charge in [-0.1, -0.05) is 37.3 Å². The highest BCUT2D eigenvalue weighted by molar-refractivity contribution is 6.10. The molecule has 1 aromatic rings. The molecule has 3 N–H and O–H groups in total. The number of imide groups is 2. The van der Waals surface area contributed by atoms with Crippen molar-refractivity contribution in [3.05, 3.63) is 35.9 Å². The highest BCUT2D eigenvalue weighted by atomic mass is 16.2. The average molecular weight is 318 g/mol. The molecule has 1 heterocycles. The first-order valence-corrected chi connectivity index (χ1v) is 7.15. The second-order valence-electron chi connectivity index (χ2n) is 5.07. The third-order valence-corrected chi connectivity index (χ3v) is 3.75. The van der Waals surface area contributed by atoms with E-state index in [1.165, 1.54) is 7.05 Å². The van der Waals surface area contributed by atoms with Gasteiger partial charge in [0.1, 0.15) is 12.1 Å². The molecule has 1 aromatic carbocycles. The van der Waals surface area contributed by atoms with Crippen molar-refractivity contribution >= 4 is 23.9 Å². The third kappa shape index (κ3) is 3.01. The predicted molar refractivity (Wildman–Crippen MR) is 81.3 cm³/mol. The zero-order valence-electron chi connectivity index (χ0n) is 12.9. The quantitative estimate of drug-likeness (QED) is 0.694. The Morgan fingerprint density at radius 3 is 2.43 bits per heavy atom. The van der Waals surface area contributed by atoms with E-state index >= 15 is 0 Å². The Morgan fingerprint density at radius 1 is 1.22 bits per heavy atom. The Balaban J connectivity index is 2.22. The molecule has 23 heavy (non-hydrogen) atoms. The number of hydrogen-bond acceptors (Lipinski definition) is 4. The van der Waals surface area contributed by atoms with Crippen LogP contribution in [-0.2, 0) is 15.1 Å². The largest absolute Gasteiger partial charge is 0.341 e. The lowest BCUT2D eigenvalue weighted by Crippen LogP contribution is -2.46. The van der Waals surface area contributed by atoms with Crippen molar-refractivity contribution < 1.29 is 19.2 Å². The van der Waals surface area contributed by atoms with Crippen LogP contribution in [0, 0.1) is 0 Å². The molecule has 1 fully saturated rings. The van der Waals surface area contributed by atoms with Crippen molar-refractivity contribution in [1.82, 2.24) is 20.9 Å². The maximum absolute atomic E-state index is 12.7. The number of hydrogen-bond donors (Lipinski definition) is 3. The van der Waals surface area contributed by atoms with Crippen LogP contribution in [0.5, 0.6) is 0 Å². The van der Waals surface area contributed by atoms with E-state index in [2.05, 4.69) is 10.6 Å². The van der Waals surface area contributed by atoms with Crippen molar-refractivity contribution in [2.24, 2.45) is 0 Å². The molecule has 0 aliphatic carbocycles. The van der Waals surface area contributed by atoms with E-state index in [0.717, 1.165) is 4.90 Å². The second kappa shape index (κ2) is 6.47. The molecule has 0 saturated carbocycles. The van der Waals surface area contributed by atoms with Crippen molar-refractivity contribution in [2.45, 2.75) is 18.9 Å². The molecule has 0 unspecified atom stereocenters. The van der Waals surface area contributed by atoms with Gasteiger partial charge in [0, 0.05) is 7.05 Å². The minimum atomic E-state index is -1.19. The SMILES string of the molecule is CC[C@@]1(c2ccccc2)NC(=O)N(CC(=O)NC(=O)NC)C1=O. The minimum Gasteiger partial charge on any atom is -0.341 e. The first kappa shape index (κ1) is 16.5. The fourth-order valence-corrected chi connectivity index (χ4v) is 2.50. The summed E-state index contributed by atoms with van der Waals surface area (Å²) in [7, 11) is 1.36. The molecular weight excluding hydrogens is 300 g/mol. The number of nitrogens with zero attached hydrogens (tertiary/aromatic N) is 1. The summed E-state index contributed by atoms with van der Waals surface area (Å²) < 4.78 is 0. The lowest BCUT2D eigenvalue weighted by Gasteiger charge is -2.25. The van der Waals surface area contributed by atoms with Gasteiger partial charge in [-0.25, -0.2) is 9.59 Å². The van der Waals surface area contributed by atoms with E-state index in [-0.39, 0.29) is 0 Å². The van der Waals surface area contributed by atoms with Crippen molar-refractivity contribution in [1.29, 1.82) is 0 Å². The molecule has 1 atom stereocenters. The molecule has 8 nitrogen and oxygen atoms in total. The summed E-state index contributed by atoms with van der Waals surface area (Å²) in [6.45, 7) is 1.26. The smallest absolute Gasteiger partial charge is 0.325 e.